The zero-order valence-electron chi connectivity index (χ0n) is 10.9. The van der Waals surface area contributed by atoms with Gasteiger partial charge in [0.2, 0.25) is 5.91 Å². The van der Waals surface area contributed by atoms with Gasteiger partial charge in [0.1, 0.15) is 5.54 Å². The average Bonchev–Trinajstić information content (AvgIpc) is 2.41. The molecule has 1 atom stereocenters. The minimum absolute atomic E-state index is 0.0269. The Morgan fingerprint density at radius 3 is 2.50 bits per heavy atom. The fraction of sp³-hybridized carbons (Fsp3) is 0.462. The summed E-state index contributed by atoms with van der Waals surface area (Å²) in [5.74, 6) is 1.25. The number of hydrogen-bond acceptors (Lipinski definition) is 4. The van der Waals surface area contributed by atoms with E-state index in [1.54, 1.807) is 14.2 Å². The van der Waals surface area contributed by atoms with E-state index in [9.17, 15) is 4.79 Å². The van der Waals surface area contributed by atoms with Gasteiger partial charge in [-0.25, -0.2) is 0 Å². The number of ether oxygens (including phenoxy) is 2. The molecule has 1 aliphatic rings. The van der Waals surface area contributed by atoms with Crippen molar-refractivity contribution in [3.63, 3.8) is 0 Å². The fourth-order valence-corrected chi connectivity index (χ4v) is 2.13. The van der Waals surface area contributed by atoms with E-state index >= 15 is 0 Å². The number of benzene rings is 1. The van der Waals surface area contributed by atoms with Gasteiger partial charge in [-0.15, -0.1) is 0 Å². The lowest BCUT2D eigenvalue weighted by Crippen LogP contribution is -2.59. The van der Waals surface area contributed by atoms with E-state index in [0.29, 0.717) is 18.0 Å². The Hall–Kier alpha value is -1.75. The second kappa shape index (κ2) is 4.86. The molecule has 0 radical (unpaired) electrons. The Kier molecular flexibility index (Phi) is 3.43. The van der Waals surface area contributed by atoms with Crippen molar-refractivity contribution in [3.05, 3.63) is 23.8 Å². The molecule has 18 heavy (non-hydrogen) atoms. The van der Waals surface area contributed by atoms with Gasteiger partial charge in [0.05, 0.1) is 14.2 Å². The number of nitrogens with one attached hydrogen (secondary N) is 2. The van der Waals surface area contributed by atoms with E-state index in [4.69, 9.17) is 9.47 Å². The molecule has 1 aromatic rings. The van der Waals surface area contributed by atoms with Gasteiger partial charge in [-0.3, -0.25) is 10.1 Å². The quantitative estimate of drug-likeness (QED) is 0.826. The Bertz CT molecular complexity index is 462. The highest BCUT2D eigenvalue weighted by Gasteiger charge is 2.37. The minimum Gasteiger partial charge on any atom is -0.493 e. The van der Waals surface area contributed by atoms with Gasteiger partial charge in [0.25, 0.3) is 0 Å². The van der Waals surface area contributed by atoms with Crippen LogP contribution in [0.1, 0.15) is 12.5 Å². The standard InChI is InChI=1S/C13H18N2O3/c1-13(12(16)14-6-7-15-13)9-4-5-10(17-2)11(8-9)18-3/h4-5,8,15H,6-7H2,1-3H3,(H,14,16). The highest BCUT2D eigenvalue weighted by atomic mass is 16.5. The van der Waals surface area contributed by atoms with Crippen molar-refractivity contribution in [2.24, 2.45) is 0 Å². The van der Waals surface area contributed by atoms with Gasteiger partial charge in [-0.05, 0) is 24.6 Å². The number of carbonyl (C=O) groups excluding carboxylic acids is 1. The van der Waals surface area contributed by atoms with Crippen molar-refractivity contribution in [1.82, 2.24) is 10.6 Å². The third-order valence-electron chi connectivity index (χ3n) is 3.30. The smallest absolute Gasteiger partial charge is 0.244 e. The van der Waals surface area contributed by atoms with Gasteiger partial charge >= 0.3 is 0 Å². The average molecular weight is 250 g/mol. The van der Waals surface area contributed by atoms with E-state index in [1.807, 2.05) is 25.1 Å². The number of piperazine rings is 1. The summed E-state index contributed by atoms with van der Waals surface area (Å²) in [4.78, 5) is 12.0. The van der Waals surface area contributed by atoms with Crippen molar-refractivity contribution >= 4 is 5.91 Å². The largest absolute Gasteiger partial charge is 0.493 e. The predicted molar refractivity (Wildman–Crippen MR) is 67.9 cm³/mol. The molecular formula is C13H18N2O3. The fourth-order valence-electron chi connectivity index (χ4n) is 2.13. The first-order valence-electron chi connectivity index (χ1n) is 5.87. The molecule has 0 spiro atoms. The van der Waals surface area contributed by atoms with Crippen LogP contribution >= 0.6 is 0 Å². The summed E-state index contributed by atoms with van der Waals surface area (Å²) in [6.07, 6.45) is 0. The maximum Gasteiger partial charge on any atom is 0.244 e. The van der Waals surface area contributed by atoms with Crippen LogP contribution in [-0.2, 0) is 10.3 Å². The number of rotatable bonds is 3. The topological polar surface area (TPSA) is 59.6 Å². The van der Waals surface area contributed by atoms with E-state index in [0.717, 1.165) is 12.1 Å². The lowest BCUT2D eigenvalue weighted by Gasteiger charge is -2.34. The van der Waals surface area contributed by atoms with E-state index in [-0.39, 0.29) is 5.91 Å². The highest BCUT2D eigenvalue weighted by molar-refractivity contribution is 5.88. The van der Waals surface area contributed by atoms with Crippen LogP contribution in [0.25, 0.3) is 0 Å². The first-order chi connectivity index (χ1) is 8.61. The zero-order chi connectivity index (χ0) is 13.2. The van der Waals surface area contributed by atoms with Crippen LogP contribution in [0.5, 0.6) is 11.5 Å². The molecule has 1 amide bonds. The Balaban J connectivity index is 2.41. The normalized spacial score (nSPS) is 23.4. The Morgan fingerprint density at radius 2 is 1.89 bits per heavy atom. The molecule has 0 aliphatic carbocycles. The summed E-state index contributed by atoms with van der Waals surface area (Å²) in [6.45, 7) is 3.26. The molecule has 98 valence electrons. The van der Waals surface area contributed by atoms with Crippen LogP contribution in [0.4, 0.5) is 0 Å². The van der Waals surface area contributed by atoms with Crippen LogP contribution in [-0.4, -0.2) is 33.2 Å². The SMILES string of the molecule is COc1ccc(C2(C)NCCNC2=O)cc1OC. The van der Waals surface area contributed by atoms with Gasteiger partial charge in [-0.2, -0.15) is 0 Å². The second-order valence-corrected chi connectivity index (χ2v) is 4.38. The summed E-state index contributed by atoms with van der Waals surface area (Å²) in [5, 5.41) is 6.11. The van der Waals surface area contributed by atoms with Crippen molar-refractivity contribution in [2.75, 3.05) is 27.3 Å². The van der Waals surface area contributed by atoms with E-state index in [2.05, 4.69) is 10.6 Å². The Labute approximate surface area is 106 Å². The highest BCUT2D eigenvalue weighted by Crippen LogP contribution is 2.32. The molecule has 1 heterocycles. The van der Waals surface area contributed by atoms with Crippen LogP contribution < -0.4 is 20.1 Å². The molecule has 0 saturated carbocycles. The van der Waals surface area contributed by atoms with Crippen LogP contribution in [0.3, 0.4) is 0 Å². The summed E-state index contributed by atoms with van der Waals surface area (Å²) in [7, 11) is 3.17. The molecule has 5 nitrogen and oxygen atoms in total. The number of methoxy groups -OCH3 is 2. The molecule has 0 aromatic heterocycles. The third-order valence-corrected chi connectivity index (χ3v) is 3.30. The molecule has 5 heteroatoms. The Morgan fingerprint density at radius 1 is 1.17 bits per heavy atom. The third kappa shape index (κ3) is 2.01. The maximum atomic E-state index is 12.0. The van der Waals surface area contributed by atoms with Gasteiger partial charge in [0.15, 0.2) is 11.5 Å². The molecule has 1 aromatic carbocycles. The lowest BCUT2D eigenvalue weighted by atomic mass is 9.89. The maximum absolute atomic E-state index is 12.0. The van der Waals surface area contributed by atoms with Crippen molar-refractivity contribution in [2.45, 2.75) is 12.5 Å². The van der Waals surface area contributed by atoms with E-state index < -0.39 is 5.54 Å². The molecular weight excluding hydrogens is 232 g/mol. The minimum atomic E-state index is -0.724. The zero-order valence-corrected chi connectivity index (χ0v) is 10.9. The number of amides is 1. The lowest BCUT2D eigenvalue weighted by molar-refractivity contribution is -0.128. The first kappa shape index (κ1) is 12.7. The van der Waals surface area contributed by atoms with Crippen LogP contribution in [0, 0.1) is 0 Å². The first-order valence-corrected chi connectivity index (χ1v) is 5.87. The number of carbonyl (C=O) groups is 1. The van der Waals surface area contributed by atoms with Gasteiger partial charge in [-0.1, -0.05) is 6.07 Å². The summed E-state index contributed by atoms with van der Waals surface area (Å²) in [6, 6.07) is 5.51. The van der Waals surface area contributed by atoms with E-state index in [1.165, 1.54) is 0 Å². The summed E-state index contributed by atoms with van der Waals surface area (Å²) < 4.78 is 10.5. The monoisotopic (exact) mass is 250 g/mol. The van der Waals surface area contributed by atoms with Gasteiger partial charge < -0.3 is 14.8 Å². The van der Waals surface area contributed by atoms with Crippen LogP contribution in [0.15, 0.2) is 18.2 Å². The molecule has 1 saturated heterocycles. The van der Waals surface area contributed by atoms with Crippen molar-refractivity contribution < 1.29 is 14.3 Å². The number of hydrogen-bond donors (Lipinski definition) is 2. The molecule has 2 rings (SSSR count). The molecule has 2 N–H and O–H groups in total. The molecule has 1 fully saturated rings. The summed E-state index contributed by atoms with van der Waals surface area (Å²) >= 11 is 0. The van der Waals surface area contributed by atoms with Crippen molar-refractivity contribution in [1.29, 1.82) is 0 Å². The molecule has 1 aliphatic heterocycles. The molecule has 0 bridgehead atoms. The van der Waals surface area contributed by atoms with Crippen LogP contribution in [0.2, 0.25) is 0 Å². The summed E-state index contributed by atoms with van der Waals surface area (Å²) in [5.41, 5.74) is 0.134. The second-order valence-electron chi connectivity index (χ2n) is 4.38. The predicted octanol–water partition coefficient (Wildman–Crippen LogP) is 0.638. The van der Waals surface area contributed by atoms with Gasteiger partial charge in [0, 0.05) is 13.1 Å². The van der Waals surface area contributed by atoms with Crippen molar-refractivity contribution in [3.8, 4) is 11.5 Å². The molecule has 1 unspecified atom stereocenters.